The number of halogens is 1. The molecule has 0 aliphatic carbocycles. The van der Waals surface area contributed by atoms with Gasteiger partial charge in [0, 0.05) is 30.2 Å². The van der Waals surface area contributed by atoms with E-state index in [4.69, 9.17) is 11.6 Å². The third-order valence-electron chi connectivity index (χ3n) is 4.30. The van der Waals surface area contributed by atoms with Gasteiger partial charge in [-0.15, -0.1) is 0 Å². The number of carbonyl (C=O) groups excluding carboxylic acids is 1. The Bertz CT molecular complexity index is 910. The van der Waals surface area contributed by atoms with Gasteiger partial charge < -0.3 is 4.90 Å². The van der Waals surface area contributed by atoms with Gasteiger partial charge in [0.05, 0.1) is 4.90 Å². The van der Waals surface area contributed by atoms with Gasteiger partial charge in [0.15, 0.2) is 0 Å². The van der Waals surface area contributed by atoms with E-state index in [0.717, 1.165) is 16.8 Å². The standard InChI is InChI=1S/C18H19ClN2O3S/c1-12-9-15-10-17(7-8-18(15)21(12)13(2)22)25(23,24)20-11-14-3-5-16(19)6-4-14/h3-8,10,12,20H,9,11H2,1-2H3/t12-/m0/s1. The van der Waals surface area contributed by atoms with E-state index in [1.807, 2.05) is 6.92 Å². The number of sulfonamides is 1. The fourth-order valence-corrected chi connectivity index (χ4v) is 4.31. The molecule has 132 valence electrons. The molecule has 3 rings (SSSR count). The number of fused-ring (bicyclic) bond motifs is 1. The average molecular weight is 379 g/mol. The van der Waals surface area contributed by atoms with Crippen LogP contribution in [0.3, 0.4) is 0 Å². The first-order chi connectivity index (χ1) is 11.8. The zero-order chi connectivity index (χ0) is 18.2. The number of benzene rings is 2. The zero-order valence-electron chi connectivity index (χ0n) is 14.0. The highest BCUT2D eigenvalue weighted by Gasteiger charge is 2.30. The molecule has 0 aromatic heterocycles. The lowest BCUT2D eigenvalue weighted by atomic mass is 10.1. The number of carbonyl (C=O) groups is 1. The van der Waals surface area contributed by atoms with Crippen molar-refractivity contribution in [1.82, 2.24) is 4.72 Å². The summed E-state index contributed by atoms with van der Waals surface area (Å²) in [6, 6.07) is 11.9. The molecule has 25 heavy (non-hydrogen) atoms. The lowest BCUT2D eigenvalue weighted by molar-refractivity contribution is -0.116. The largest absolute Gasteiger partial charge is 0.309 e. The van der Waals surface area contributed by atoms with E-state index in [2.05, 4.69) is 4.72 Å². The smallest absolute Gasteiger partial charge is 0.240 e. The maximum Gasteiger partial charge on any atom is 0.240 e. The number of amides is 1. The van der Waals surface area contributed by atoms with Gasteiger partial charge in [0.25, 0.3) is 0 Å². The molecular formula is C18H19ClN2O3S. The number of rotatable bonds is 4. The van der Waals surface area contributed by atoms with E-state index < -0.39 is 10.0 Å². The van der Waals surface area contributed by atoms with E-state index in [9.17, 15) is 13.2 Å². The van der Waals surface area contributed by atoms with Crippen LogP contribution >= 0.6 is 11.6 Å². The third kappa shape index (κ3) is 3.71. The highest BCUT2D eigenvalue weighted by atomic mass is 35.5. The molecule has 0 saturated heterocycles. The van der Waals surface area contributed by atoms with Gasteiger partial charge in [-0.2, -0.15) is 0 Å². The van der Waals surface area contributed by atoms with Crippen LogP contribution in [-0.2, 0) is 27.8 Å². The summed E-state index contributed by atoms with van der Waals surface area (Å²) in [5.41, 5.74) is 2.49. The normalized spacial score (nSPS) is 16.8. The van der Waals surface area contributed by atoms with Crippen LogP contribution < -0.4 is 9.62 Å². The highest BCUT2D eigenvalue weighted by Crippen LogP contribution is 2.33. The molecule has 2 aromatic carbocycles. The number of nitrogens with one attached hydrogen (secondary N) is 1. The first-order valence-electron chi connectivity index (χ1n) is 7.95. The molecule has 0 radical (unpaired) electrons. The van der Waals surface area contributed by atoms with Crippen molar-refractivity contribution < 1.29 is 13.2 Å². The molecule has 1 aliphatic heterocycles. The summed E-state index contributed by atoms with van der Waals surface area (Å²) >= 11 is 5.83. The second-order valence-electron chi connectivity index (χ2n) is 6.18. The Morgan fingerprint density at radius 2 is 1.92 bits per heavy atom. The van der Waals surface area contributed by atoms with Crippen molar-refractivity contribution in [2.24, 2.45) is 0 Å². The minimum Gasteiger partial charge on any atom is -0.309 e. The Morgan fingerprint density at radius 1 is 1.24 bits per heavy atom. The van der Waals surface area contributed by atoms with Crippen molar-refractivity contribution in [3.63, 3.8) is 0 Å². The Balaban J connectivity index is 1.81. The molecular weight excluding hydrogens is 360 g/mol. The summed E-state index contributed by atoms with van der Waals surface area (Å²) in [5.74, 6) is -0.0391. The SMILES string of the molecule is CC(=O)N1c2ccc(S(=O)(=O)NCc3ccc(Cl)cc3)cc2C[C@@H]1C. The predicted octanol–water partition coefficient (Wildman–Crippen LogP) is 3.12. The first-order valence-corrected chi connectivity index (χ1v) is 9.81. The molecule has 0 saturated carbocycles. The molecule has 1 amide bonds. The molecule has 0 spiro atoms. The Labute approximate surface area is 152 Å². The average Bonchev–Trinajstić information content (AvgIpc) is 2.89. The van der Waals surface area contributed by atoms with Crippen molar-refractivity contribution in [3.05, 3.63) is 58.6 Å². The summed E-state index contributed by atoms with van der Waals surface area (Å²) in [6.45, 7) is 3.66. The van der Waals surface area contributed by atoms with E-state index >= 15 is 0 Å². The molecule has 1 aliphatic rings. The van der Waals surface area contributed by atoms with Crippen LogP contribution in [0.25, 0.3) is 0 Å². The van der Waals surface area contributed by atoms with Crippen LogP contribution in [0.15, 0.2) is 47.4 Å². The highest BCUT2D eigenvalue weighted by molar-refractivity contribution is 7.89. The topological polar surface area (TPSA) is 66.5 Å². The van der Waals surface area contributed by atoms with Gasteiger partial charge in [-0.1, -0.05) is 23.7 Å². The van der Waals surface area contributed by atoms with Crippen molar-refractivity contribution in [2.45, 2.75) is 37.8 Å². The monoisotopic (exact) mass is 378 g/mol. The summed E-state index contributed by atoms with van der Waals surface area (Å²) in [4.78, 5) is 13.7. The zero-order valence-corrected chi connectivity index (χ0v) is 15.6. The second kappa shape index (κ2) is 6.78. The maximum atomic E-state index is 12.6. The summed E-state index contributed by atoms with van der Waals surface area (Å²) < 4.78 is 27.7. The Kier molecular flexibility index (Phi) is 4.86. The molecule has 0 fully saturated rings. The van der Waals surface area contributed by atoms with Crippen molar-refractivity contribution in [3.8, 4) is 0 Å². The minimum absolute atomic E-state index is 0.0347. The van der Waals surface area contributed by atoms with Gasteiger partial charge >= 0.3 is 0 Å². The van der Waals surface area contributed by atoms with Gasteiger partial charge in [-0.05, 0) is 54.8 Å². The summed E-state index contributed by atoms with van der Waals surface area (Å²) in [5, 5.41) is 0.606. The predicted molar refractivity (Wildman–Crippen MR) is 98.2 cm³/mol. The van der Waals surface area contributed by atoms with E-state index in [1.165, 1.54) is 13.0 Å². The summed E-state index contributed by atoms with van der Waals surface area (Å²) in [7, 11) is -3.63. The van der Waals surface area contributed by atoms with Crippen molar-refractivity contribution in [2.75, 3.05) is 4.90 Å². The number of anilines is 1. The molecule has 1 atom stereocenters. The van der Waals surface area contributed by atoms with Gasteiger partial charge in [-0.25, -0.2) is 13.1 Å². The molecule has 2 aromatic rings. The van der Waals surface area contributed by atoms with Crippen LogP contribution in [0.2, 0.25) is 5.02 Å². The summed E-state index contributed by atoms with van der Waals surface area (Å²) in [6.07, 6.45) is 0.648. The van der Waals surface area contributed by atoms with Crippen LogP contribution in [0.5, 0.6) is 0 Å². The van der Waals surface area contributed by atoms with E-state index in [-0.39, 0.29) is 23.4 Å². The van der Waals surface area contributed by atoms with E-state index in [0.29, 0.717) is 11.4 Å². The number of hydrogen-bond donors (Lipinski definition) is 1. The fourth-order valence-electron chi connectivity index (χ4n) is 3.12. The molecule has 5 nitrogen and oxygen atoms in total. The van der Waals surface area contributed by atoms with E-state index in [1.54, 1.807) is 41.3 Å². The van der Waals surface area contributed by atoms with Gasteiger partial charge in [-0.3, -0.25) is 4.79 Å². The Morgan fingerprint density at radius 3 is 2.56 bits per heavy atom. The molecule has 7 heteroatoms. The fraction of sp³-hybridized carbons (Fsp3) is 0.278. The minimum atomic E-state index is -3.63. The third-order valence-corrected chi connectivity index (χ3v) is 5.95. The first kappa shape index (κ1) is 17.9. The van der Waals surface area contributed by atoms with Crippen LogP contribution in [0, 0.1) is 0 Å². The quantitative estimate of drug-likeness (QED) is 0.888. The van der Waals surface area contributed by atoms with Crippen LogP contribution in [-0.4, -0.2) is 20.4 Å². The van der Waals surface area contributed by atoms with Crippen molar-refractivity contribution in [1.29, 1.82) is 0 Å². The molecule has 0 bridgehead atoms. The lowest BCUT2D eigenvalue weighted by Crippen LogP contribution is -2.33. The molecule has 0 unspecified atom stereocenters. The molecule has 1 heterocycles. The Hall–Kier alpha value is -1.89. The maximum absolute atomic E-state index is 12.6. The number of nitrogens with zero attached hydrogens (tertiary/aromatic N) is 1. The number of hydrogen-bond acceptors (Lipinski definition) is 3. The molecule has 1 N–H and O–H groups in total. The second-order valence-corrected chi connectivity index (χ2v) is 8.39. The van der Waals surface area contributed by atoms with Gasteiger partial charge in [0.1, 0.15) is 0 Å². The van der Waals surface area contributed by atoms with Crippen LogP contribution in [0.4, 0.5) is 5.69 Å². The van der Waals surface area contributed by atoms with Crippen molar-refractivity contribution >= 4 is 33.2 Å². The lowest BCUT2D eigenvalue weighted by Gasteiger charge is -2.20. The van der Waals surface area contributed by atoms with Crippen LogP contribution in [0.1, 0.15) is 25.0 Å². The van der Waals surface area contributed by atoms with Gasteiger partial charge in [0.2, 0.25) is 15.9 Å².